The van der Waals surface area contributed by atoms with Gasteiger partial charge in [0, 0.05) is 23.2 Å². The van der Waals surface area contributed by atoms with Gasteiger partial charge in [-0.3, -0.25) is 0 Å². The molecule has 1 nitrogen and oxygen atoms in total. The van der Waals surface area contributed by atoms with Gasteiger partial charge in [-0.25, -0.2) is 0 Å². The fraction of sp³-hybridized carbons (Fsp3) is 0.375. The third-order valence-corrected chi connectivity index (χ3v) is 4.50. The minimum atomic E-state index is 0.803. The lowest BCUT2D eigenvalue weighted by atomic mass is 9.88. The van der Waals surface area contributed by atoms with E-state index in [-0.39, 0.29) is 0 Å². The Hall–Kier alpha value is -1.02. The van der Waals surface area contributed by atoms with E-state index in [2.05, 4.69) is 71.1 Å². The topological polar surface area (TPSA) is 3.24 Å². The number of hydrogen-bond donors (Lipinski definition) is 0. The molecule has 0 saturated carbocycles. The van der Waals surface area contributed by atoms with Gasteiger partial charge in [0.15, 0.2) is 0 Å². The molecule has 0 N–H and O–H groups in total. The highest BCUT2D eigenvalue weighted by molar-refractivity contribution is 9.10. The van der Waals surface area contributed by atoms with Gasteiger partial charge >= 0.3 is 0 Å². The van der Waals surface area contributed by atoms with Crippen molar-refractivity contribution in [3.8, 4) is 0 Å². The number of anilines is 1. The number of rotatable bonds is 2. The van der Waals surface area contributed by atoms with Gasteiger partial charge in [0.1, 0.15) is 0 Å². The van der Waals surface area contributed by atoms with Crippen LogP contribution in [0.4, 0.5) is 5.69 Å². The monoisotopic (exact) mass is 303 g/mol. The lowest BCUT2D eigenvalue weighted by molar-refractivity contribution is 0.310. The highest BCUT2D eigenvalue weighted by atomic mass is 79.9. The smallest absolute Gasteiger partial charge is 0.0372 e. The molecule has 0 aromatic heterocycles. The summed E-state index contributed by atoms with van der Waals surface area (Å²) in [6.07, 6.45) is 0. The summed E-state index contributed by atoms with van der Waals surface area (Å²) in [5, 5.41) is 2.62. The summed E-state index contributed by atoms with van der Waals surface area (Å²) in [6.45, 7) is 7.05. The normalized spacial score (nSPS) is 16.3. The van der Waals surface area contributed by atoms with Crippen LogP contribution in [-0.2, 0) is 0 Å². The van der Waals surface area contributed by atoms with Gasteiger partial charge in [-0.1, -0.05) is 41.9 Å². The molecule has 3 rings (SSSR count). The first-order valence-corrected chi connectivity index (χ1v) is 7.37. The second kappa shape index (κ2) is 4.58. The predicted octanol–water partition coefficient (Wildman–Crippen LogP) is 4.69. The summed E-state index contributed by atoms with van der Waals surface area (Å²) < 4.78 is 1.14. The first kappa shape index (κ1) is 12.0. The van der Waals surface area contributed by atoms with E-state index in [0.717, 1.165) is 16.3 Å². The van der Waals surface area contributed by atoms with Gasteiger partial charge in [-0.05, 0) is 46.9 Å². The third-order valence-electron chi connectivity index (χ3n) is 4.00. The van der Waals surface area contributed by atoms with Gasteiger partial charge in [0.2, 0.25) is 0 Å². The van der Waals surface area contributed by atoms with Crippen molar-refractivity contribution >= 4 is 32.4 Å². The zero-order valence-corrected chi connectivity index (χ0v) is 12.4. The maximum absolute atomic E-state index is 3.52. The molecular formula is C16H18BrN. The van der Waals surface area contributed by atoms with Gasteiger partial charge in [-0.15, -0.1) is 0 Å². The van der Waals surface area contributed by atoms with E-state index in [0.29, 0.717) is 0 Å². The molecule has 1 fully saturated rings. The summed E-state index contributed by atoms with van der Waals surface area (Å²) in [4.78, 5) is 2.48. The maximum atomic E-state index is 3.52. The summed E-state index contributed by atoms with van der Waals surface area (Å²) in [6, 6.07) is 13.2. The quantitative estimate of drug-likeness (QED) is 0.777. The Kier molecular flexibility index (Phi) is 3.06. The van der Waals surface area contributed by atoms with E-state index in [1.807, 2.05) is 0 Å². The molecule has 0 unspecified atom stereocenters. The molecule has 0 atom stereocenters. The molecule has 2 aromatic rings. The zero-order chi connectivity index (χ0) is 12.7. The number of nitrogens with zero attached hydrogens (tertiary/aromatic N) is 1. The van der Waals surface area contributed by atoms with Crippen LogP contribution < -0.4 is 4.90 Å². The molecular weight excluding hydrogens is 286 g/mol. The lowest BCUT2D eigenvalue weighted by Gasteiger charge is -2.43. The van der Waals surface area contributed by atoms with Crippen molar-refractivity contribution in [1.29, 1.82) is 0 Å². The molecule has 0 amide bonds. The van der Waals surface area contributed by atoms with Crippen LogP contribution in [0, 0.1) is 11.8 Å². The van der Waals surface area contributed by atoms with Gasteiger partial charge in [-0.2, -0.15) is 0 Å². The fourth-order valence-corrected chi connectivity index (χ4v) is 2.92. The van der Waals surface area contributed by atoms with Gasteiger partial charge < -0.3 is 4.90 Å². The average molecular weight is 304 g/mol. The number of benzene rings is 2. The lowest BCUT2D eigenvalue weighted by Crippen LogP contribution is -2.49. The van der Waals surface area contributed by atoms with E-state index >= 15 is 0 Å². The zero-order valence-electron chi connectivity index (χ0n) is 10.9. The maximum Gasteiger partial charge on any atom is 0.0372 e. The minimum absolute atomic E-state index is 0.803. The molecule has 0 bridgehead atoms. The molecule has 1 heterocycles. The van der Waals surface area contributed by atoms with Crippen molar-refractivity contribution in [3.63, 3.8) is 0 Å². The molecule has 1 aliphatic rings. The second-order valence-corrected chi connectivity index (χ2v) is 6.50. The van der Waals surface area contributed by atoms with Crippen LogP contribution in [0.2, 0.25) is 0 Å². The van der Waals surface area contributed by atoms with E-state index in [4.69, 9.17) is 0 Å². The number of halogens is 1. The Bertz CT molecular complexity index is 570. The van der Waals surface area contributed by atoms with Gasteiger partial charge in [0.25, 0.3) is 0 Å². The van der Waals surface area contributed by atoms with Crippen LogP contribution in [0.5, 0.6) is 0 Å². The van der Waals surface area contributed by atoms with Crippen molar-refractivity contribution in [1.82, 2.24) is 0 Å². The van der Waals surface area contributed by atoms with Crippen LogP contribution in [0.25, 0.3) is 10.8 Å². The first-order valence-electron chi connectivity index (χ1n) is 6.58. The van der Waals surface area contributed by atoms with Crippen molar-refractivity contribution < 1.29 is 0 Å². The van der Waals surface area contributed by atoms with Crippen LogP contribution >= 0.6 is 15.9 Å². The Balaban J connectivity index is 1.84. The number of hydrogen-bond acceptors (Lipinski definition) is 1. The predicted molar refractivity (Wildman–Crippen MR) is 82.2 cm³/mol. The molecule has 2 heteroatoms. The molecule has 18 heavy (non-hydrogen) atoms. The van der Waals surface area contributed by atoms with Crippen LogP contribution in [0.1, 0.15) is 13.8 Å². The van der Waals surface area contributed by atoms with Crippen molar-refractivity contribution in [2.45, 2.75) is 13.8 Å². The largest absolute Gasteiger partial charge is 0.371 e. The molecule has 0 aliphatic carbocycles. The molecule has 94 valence electrons. The SMILES string of the molecule is CC(C)C1CN(c2ccc3cc(Br)ccc3c2)C1. The molecule has 1 aliphatic heterocycles. The van der Waals surface area contributed by atoms with E-state index in [1.165, 1.54) is 29.5 Å². The molecule has 2 aromatic carbocycles. The van der Waals surface area contributed by atoms with Crippen LogP contribution in [0.3, 0.4) is 0 Å². The average Bonchev–Trinajstić information content (AvgIpc) is 2.26. The summed E-state index contributed by atoms with van der Waals surface area (Å²) in [7, 11) is 0. The Morgan fingerprint density at radius 1 is 1.06 bits per heavy atom. The van der Waals surface area contributed by atoms with Crippen molar-refractivity contribution in [2.24, 2.45) is 11.8 Å². The molecule has 1 saturated heterocycles. The van der Waals surface area contributed by atoms with Crippen molar-refractivity contribution in [3.05, 3.63) is 40.9 Å². The van der Waals surface area contributed by atoms with E-state index in [9.17, 15) is 0 Å². The van der Waals surface area contributed by atoms with E-state index in [1.54, 1.807) is 0 Å². The Labute approximate surface area is 117 Å². The minimum Gasteiger partial charge on any atom is -0.371 e. The van der Waals surface area contributed by atoms with Crippen LogP contribution in [0.15, 0.2) is 40.9 Å². The van der Waals surface area contributed by atoms with Crippen molar-refractivity contribution in [2.75, 3.05) is 18.0 Å². The third kappa shape index (κ3) is 2.14. The highest BCUT2D eigenvalue weighted by Gasteiger charge is 2.28. The van der Waals surface area contributed by atoms with Crippen LogP contribution in [-0.4, -0.2) is 13.1 Å². The van der Waals surface area contributed by atoms with E-state index < -0.39 is 0 Å². The standard InChI is InChI=1S/C16H18BrN/c1-11(2)14-9-18(10-14)16-6-4-12-7-15(17)5-3-13(12)8-16/h3-8,11,14H,9-10H2,1-2H3. The summed E-state index contributed by atoms with van der Waals surface area (Å²) in [5.74, 6) is 1.67. The molecule has 0 radical (unpaired) electrons. The number of fused-ring (bicyclic) bond motifs is 1. The summed E-state index contributed by atoms with van der Waals surface area (Å²) in [5.41, 5.74) is 1.36. The highest BCUT2D eigenvalue weighted by Crippen LogP contribution is 2.31. The fourth-order valence-electron chi connectivity index (χ4n) is 2.55. The first-order chi connectivity index (χ1) is 8.63. The Morgan fingerprint density at radius 3 is 2.44 bits per heavy atom. The Morgan fingerprint density at radius 2 is 1.72 bits per heavy atom. The summed E-state index contributed by atoms with van der Waals surface area (Å²) >= 11 is 3.52. The second-order valence-electron chi connectivity index (χ2n) is 5.58. The molecule has 0 spiro atoms. The van der Waals surface area contributed by atoms with Gasteiger partial charge in [0.05, 0.1) is 0 Å².